The number of rotatable bonds is 8. The Kier molecular flexibility index (Phi) is 7.95. The average Bonchev–Trinajstić information content (AvgIpc) is 2.68. The Hall–Kier alpha value is -3.62. The van der Waals surface area contributed by atoms with Crippen molar-refractivity contribution in [3.63, 3.8) is 0 Å². The number of carbonyl (C=O) groups is 2. The Bertz CT molecular complexity index is 996. The quantitative estimate of drug-likeness (QED) is 0.344. The molecule has 0 atom stereocenters. The van der Waals surface area contributed by atoms with Crippen LogP contribution in [0.3, 0.4) is 0 Å². The van der Waals surface area contributed by atoms with E-state index in [1.54, 1.807) is 13.0 Å². The maximum atomic E-state index is 13.7. The number of halogens is 4. The van der Waals surface area contributed by atoms with Gasteiger partial charge in [-0.05, 0) is 62.4 Å². The van der Waals surface area contributed by atoms with E-state index in [1.165, 1.54) is 49.4 Å². The molecule has 0 aromatic heterocycles. The van der Waals surface area contributed by atoms with Gasteiger partial charge in [-0.2, -0.15) is 13.2 Å². The molecule has 1 amide bonds. The smallest absolute Gasteiger partial charge is 0.422 e. The van der Waals surface area contributed by atoms with E-state index >= 15 is 0 Å². The fourth-order valence-electron chi connectivity index (χ4n) is 2.39. The normalized spacial score (nSPS) is 12.0. The van der Waals surface area contributed by atoms with Crippen LogP contribution in [0.15, 0.2) is 66.4 Å². The third kappa shape index (κ3) is 7.96. The Labute approximate surface area is 176 Å². The van der Waals surface area contributed by atoms with Gasteiger partial charge >= 0.3 is 6.18 Å². The molecule has 9 heteroatoms. The van der Waals surface area contributed by atoms with Crippen LogP contribution in [0.5, 0.6) is 17.2 Å². The largest absolute Gasteiger partial charge is 0.484 e. The summed E-state index contributed by atoms with van der Waals surface area (Å²) >= 11 is 0. The van der Waals surface area contributed by atoms with Gasteiger partial charge in [0.25, 0.3) is 5.91 Å². The molecule has 164 valence electrons. The highest BCUT2D eigenvalue weighted by molar-refractivity contribution is 5.99. The van der Waals surface area contributed by atoms with Crippen LogP contribution in [0.1, 0.15) is 24.2 Å². The van der Waals surface area contributed by atoms with Gasteiger partial charge in [0.1, 0.15) is 23.1 Å². The van der Waals surface area contributed by atoms with Crippen molar-refractivity contribution in [1.29, 1.82) is 0 Å². The second-order valence-electron chi connectivity index (χ2n) is 6.28. The molecule has 0 unspecified atom stereocenters. The van der Waals surface area contributed by atoms with Crippen LogP contribution in [0, 0.1) is 5.82 Å². The van der Waals surface area contributed by atoms with Gasteiger partial charge in [-0.15, -0.1) is 0 Å². The van der Waals surface area contributed by atoms with E-state index in [9.17, 15) is 27.2 Å². The Balaban J connectivity index is 2.21. The molecule has 0 aliphatic heterocycles. The zero-order valence-electron chi connectivity index (χ0n) is 16.6. The molecule has 1 N–H and O–H groups in total. The molecular weight excluding hydrogens is 418 g/mol. The molecule has 0 radical (unpaired) electrons. The van der Waals surface area contributed by atoms with Crippen molar-refractivity contribution in [2.75, 3.05) is 6.61 Å². The maximum Gasteiger partial charge on any atom is 0.422 e. The summed E-state index contributed by atoms with van der Waals surface area (Å²) in [4.78, 5) is 24.0. The van der Waals surface area contributed by atoms with Crippen LogP contribution >= 0.6 is 0 Å². The van der Waals surface area contributed by atoms with Crippen molar-refractivity contribution >= 4 is 11.7 Å². The first-order chi connectivity index (χ1) is 14.6. The molecule has 2 rings (SSSR count). The topological polar surface area (TPSA) is 64.6 Å². The zero-order chi connectivity index (χ0) is 23.0. The van der Waals surface area contributed by atoms with Gasteiger partial charge < -0.3 is 14.8 Å². The van der Waals surface area contributed by atoms with E-state index in [-0.39, 0.29) is 34.3 Å². The molecule has 2 aromatic carbocycles. The number of carbonyl (C=O) groups excluding carboxylic acids is 2. The van der Waals surface area contributed by atoms with Crippen molar-refractivity contribution in [2.45, 2.75) is 20.0 Å². The molecular formula is C22H19F4NO4. The molecule has 0 saturated carbocycles. The Morgan fingerprint density at radius 1 is 1.06 bits per heavy atom. The van der Waals surface area contributed by atoms with Crippen molar-refractivity contribution in [3.8, 4) is 17.2 Å². The number of nitrogens with one attached hydrogen (secondary N) is 1. The predicted molar refractivity (Wildman–Crippen MR) is 106 cm³/mol. The first-order valence-corrected chi connectivity index (χ1v) is 9.00. The minimum Gasteiger partial charge on any atom is -0.484 e. The first kappa shape index (κ1) is 23.7. The minimum absolute atomic E-state index is 0.00510. The third-order valence-electron chi connectivity index (χ3n) is 3.60. The summed E-state index contributed by atoms with van der Waals surface area (Å²) in [5, 5.41) is 2.50. The molecule has 2 aromatic rings. The van der Waals surface area contributed by atoms with E-state index in [1.807, 2.05) is 0 Å². The first-order valence-electron chi connectivity index (χ1n) is 9.00. The van der Waals surface area contributed by atoms with Gasteiger partial charge in [0.05, 0.1) is 5.56 Å². The van der Waals surface area contributed by atoms with Crippen molar-refractivity contribution in [1.82, 2.24) is 5.32 Å². The highest BCUT2D eigenvalue weighted by Crippen LogP contribution is 2.28. The number of hydrogen-bond donors (Lipinski definition) is 1. The molecule has 0 fully saturated rings. The number of benzene rings is 2. The predicted octanol–water partition coefficient (Wildman–Crippen LogP) is 5.34. The van der Waals surface area contributed by atoms with Gasteiger partial charge in [-0.1, -0.05) is 6.08 Å². The van der Waals surface area contributed by atoms with E-state index < -0.39 is 24.5 Å². The maximum absolute atomic E-state index is 13.7. The van der Waals surface area contributed by atoms with Crippen LogP contribution in [0.2, 0.25) is 0 Å². The number of allylic oxidation sites excluding steroid dienone is 3. The fourth-order valence-corrected chi connectivity index (χ4v) is 2.39. The number of amides is 1. The number of ketones is 1. The molecule has 0 heterocycles. The summed E-state index contributed by atoms with van der Waals surface area (Å²) in [7, 11) is 0. The SMILES string of the molecule is C/C=C\C(=C/C(C)=O)NC(=O)c1cc(F)ccc1Oc1ccc(OCC(F)(F)F)cc1. The minimum atomic E-state index is -4.46. The monoisotopic (exact) mass is 437 g/mol. The van der Waals surface area contributed by atoms with Crippen molar-refractivity contribution < 1.29 is 36.6 Å². The van der Waals surface area contributed by atoms with Gasteiger partial charge in [0, 0.05) is 11.8 Å². The molecule has 0 bridgehead atoms. The summed E-state index contributed by atoms with van der Waals surface area (Å²) in [6.45, 7) is 1.57. The summed E-state index contributed by atoms with van der Waals surface area (Å²) in [6, 6.07) is 8.52. The molecule has 0 saturated heterocycles. The lowest BCUT2D eigenvalue weighted by molar-refractivity contribution is -0.153. The fraction of sp³-hybridized carbons (Fsp3) is 0.182. The second-order valence-corrected chi connectivity index (χ2v) is 6.28. The van der Waals surface area contributed by atoms with Crippen molar-refractivity contribution in [3.05, 3.63) is 77.8 Å². The van der Waals surface area contributed by atoms with E-state index in [4.69, 9.17) is 4.74 Å². The third-order valence-corrected chi connectivity index (χ3v) is 3.60. The van der Waals surface area contributed by atoms with Crippen LogP contribution < -0.4 is 14.8 Å². The van der Waals surface area contributed by atoms with Crippen molar-refractivity contribution in [2.24, 2.45) is 0 Å². The molecule has 0 spiro atoms. The highest BCUT2D eigenvalue weighted by Gasteiger charge is 2.28. The summed E-state index contributed by atoms with van der Waals surface area (Å²) in [5.74, 6) is -1.52. The van der Waals surface area contributed by atoms with Crippen LogP contribution in [0.4, 0.5) is 17.6 Å². The van der Waals surface area contributed by atoms with E-state index in [0.29, 0.717) is 0 Å². The summed E-state index contributed by atoms with van der Waals surface area (Å²) in [5.41, 5.74) is 0.0673. The van der Waals surface area contributed by atoms with Gasteiger partial charge in [0.15, 0.2) is 12.4 Å². The lowest BCUT2D eigenvalue weighted by Crippen LogP contribution is -2.23. The molecule has 0 aliphatic carbocycles. The Morgan fingerprint density at radius 3 is 2.29 bits per heavy atom. The van der Waals surface area contributed by atoms with E-state index in [0.717, 1.165) is 12.1 Å². The number of ether oxygens (including phenoxy) is 2. The number of alkyl halides is 3. The highest BCUT2D eigenvalue weighted by atomic mass is 19.4. The standard InChI is InChI=1S/C22H19F4NO4/c1-3-4-16(11-14(2)28)27-21(29)19-12-15(23)5-10-20(19)31-18-8-6-17(7-9-18)30-13-22(24,25)26/h3-12H,13H2,1-2H3,(H,27,29)/b4-3-,16-11+. The Morgan fingerprint density at radius 2 is 1.71 bits per heavy atom. The van der Waals surface area contributed by atoms with Gasteiger partial charge in [0.2, 0.25) is 0 Å². The van der Waals surface area contributed by atoms with Crippen LogP contribution in [-0.2, 0) is 4.79 Å². The zero-order valence-corrected chi connectivity index (χ0v) is 16.6. The lowest BCUT2D eigenvalue weighted by Gasteiger charge is -2.13. The van der Waals surface area contributed by atoms with Gasteiger partial charge in [-0.3, -0.25) is 9.59 Å². The lowest BCUT2D eigenvalue weighted by atomic mass is 10.1. The average molecular weight is 437 g/mol. The summed E-state index contributed by atoms with van der Waals surface area (Å²) < 4.78 is 60.6. The molecule has 5 nitrogen and oxygen atoms in total. The molecule has 0 aliphatic rings. The second kappa shape index (κ2) is 10.4. The van der Waals surface area contributed by atoms with Crippen LogP contribution in [-0.4, -0.2) is 24.5 Å². The van der Waals surface area contributed by atoms with Gasteiger partial charge in [-0.25, -0.2) is 4.39 Å². The van der Waals surface area contributed by atoms with E-state index in [2.05, 4.69) is 10.1 Å². The number of hydrogen-bond acceptors (Lipinski definition) is 4. The molecule has 31 heavy (non-hydrogen) atoms. The van der Waals surface area contributed by atoms with Crippen LogP contribution in [0.25, 0.3) is 0 Å². The summed E-state index contributed by atoms with van der Waals surface area (Å²) in [6.07, 6.45) is -0.148.